The molecule has 4 rings (SSSR count). The van der Waals surface area contributed by atoms with Crippen molar-refractivity contribution in [2.75, 3.05) is 13.1 Å². The number of aromatic nitrogens is 2. The summed E-state index contributed by atoms with van der Waals surface area (Å²) in [7, 11) is 0. The lowest BCUT2D eigenvalue weighted by molar-refractivity contribution is -0.131. The number of aromatic amines is 1. The molecule has 0 atom stereocenters. The number of likely N-dealkylation sites (tertiary alicyclic amines) is 1. The summed E-state index contributed by atoms with van der Waals surface area (Å²) in [6, 6.07) is 8.61. The fourth-order valence-electron chi connectivity index (χ4n) is 3.68. The zero-order valence-corrected chi connectivity index (χ0v) is 13.9. The first-order valence-corrected chi connectivity index (χ1v) is 8.64. The molecule has 4 nitrogen and oxygen atoms in total. The summed E-state index contributed by atoms with van der Waals surface area (Å²) < 4.78 is 13.6. The Hall–Kier alpha value is -2.69. The average molecular weight is 337 g/mol. The van der Waals surface area contributed by atoms with Crippen LogP contribution in [-0.4, -0.2) is 33.9 Å². The third kappa shape index (κ3) is 3.27. The molecule has 5 heteroatoms. The van der Waals surface area contributed by atoms with Crippen LogP contribution in [0.15, 0.2) is 48.9 Å². The molecule has 1 aromatic carbocycles. The number of fused-ring (bicyclic) bond motifs is 1. The quantitative estimate of drug-likeness (QED) is 0.793. The van der Waals surface area contributed by atoms with Crippen molar-refractivity contribution in [2.24, 2.45) is 0 Å². The summed E-state index contributed by atoms with van der Waals surface area (Å²) in [4.78, 5) is 21.6. The van der Waals surface area contributed by atoms with Gasteiger partial charge in [0.05, 0.1) is 6.42 Å². The molecule has 0 spiro atoms. The van der Waals surface area contributed by atoms with Crippen molar-refractivity contribution < 1.29 is 9.18 Å². The van der Waals surface area contributed by atoms with Gasteiger partial charge in [0.15, 0.2) is 0 Å². The number of amides is 1. The smallest absolute Gasteiger partial charge is 0.226 e. The largest absolute Gasteiger partial charge is 0.361 e. The minimum atomic E-state index is -0.210. The van der Waals surface area contributed by atoms with E-state index in [0.717, 1.165) is 48.0 Å². The first-order valence-electron chi connectivity index (χ1n) is 8.64. The van der Waals surface area contributed by atoms with Crippen molar-refractivity contribution in [1.82, 2.24) is 14.9 Å². The summed E-state index contributed by atoms with van der Waals surface area (Å²) in [6.07, 6.45) is 7.65. The van der Waals surface area contributed by atoms with E-state index in [1.54, 1.807) is 24.5 Å². The van der Waals surface area contributed by atoms with E-state index in [9.17, 15) is 9.18 Å². The SMILES string of the molecule is O=C(Cc1ccncc1)N1CCC(c2c[nH]c3ccc(F)cc23)CC1. The Labute approximate surface area is 145 Å². The van der Waals surface area contributed by atoms with Gasteiger partial charge in [0.2, 0.25) is 5.91 Å². The average Bonchev–Trinajstić information content (AvgIpc) is 3.05. The molecule has 128 valence electrons. The van der Waals surface area contributed by atoms with E-state index in [1.165, 1.54) is 6.07 Å². The number of benzene rings is 1. The van der Waals surface area contributed by atoms with Crippen LogP contribution in [0.25, 0.3) is 10.9 Å². The number of hydrogen-bond donors (Lipinski definition) is 1. The fraction of sp³-hybridized carbons (Fsp3) is 0.300. The predicted octanol–water partition coefficient (Wildman–Crippen LogP) is 3.65. The number of carbonyl (C=O) groups is 1. The molecule has 0 aliphatic carbocycles. The summed E-state index contributed by atoms with van der Waals surface area (Å²) in [5.41, 5.74) is 3.12. The standard InChI is InChI=1S/C20H20FN3O/c21-16-1-2-19-17(12-16)18(13-23-19)15-5-9-24(10-6-15)20(25)11-14-3-7-22-8-4-14/h1-4,7-8,12-13,15,23H,5-6,9-11H2. The first-order chi connectivity index (χ1) is 12.2. The highest BCUT2D eigenvalue weighted by molar-refractivity contribution is 5.84. The lowest BCUT2D eigenvalue weighted by Gasteiger charge is -2.32. The van der Waals surface area contributed by atoms with Crippen LogP contribution < -0.4 is 0 Å². The van der Waals surface area contributed by atoms with Crippen LogP contribution in [0.1, 0.15) is 29.9 Å². The van der Waals surface area contributed by atoms with Crippen molar-refractivity contribution in [3.8, 4) is 0 Å². The van der Waals surface area contributed by atoms with Crippen molar-refractivity contribution >= 4 is 16.8 Å². The van der Waals surface area contributed by atoms with E-state index >= 15 is 0 Å². The molecule has 1 aliphatic heterocycles. The molecule has 0 bridgehead atoms. The molecular formula is C20H20FN3O. The Morgan fingerprint density at radius 2 is 1.96 bits per heavy atom. The van der Waals surface area contributed by atoms with Gasteiger partial charge in [-0.25, -0.2) is 4.39 Å². The molecule has 3 heterocycles. The van der Waals surface area contributed by atoms with E-state index in [2.05, 4.69) is 9.97 Å². The lowest BCUT2D eigenvalue weighted by Crippen LogP contribution is -2.38. The number of piperidine rings is 1. The first kappa shape index (κ1) is 15.8. The highest BCUT2D eigenvalue weighted by atomic mass is 19.1. The van der Waals surface area contributed by atoms with Crippen molar-refractivity contribution in [1.29, 1.82) is 0 Å². The number of nitrogens with one attached hydrogen (secondary N) is 1. The Morgan fingerprint density at radius 3 is 2.72 bits per heavy atom. The number of pyridine rings is 1. The number of nitrogens with zero attached hydrogens (tertiary/aromatic N) is 2. The molecule has 0 saturated carbocycles. The summed E-state index contributed by atoms with van der Waals surface area (Å²) in [5.74, 6) is 0.313. The second-order valence-corrected chi connectivity index (χ2v) is 6.62. The van der Waals surface area contributed by atoms with E-state index in [4.69, 9.17) is 0 Å². The maximum atomic E-state index is 13.6. The molecular weight excluding hydrogens is 317 g/mol. The van der Waals surface area contributed by atoms with Gasteiger partial charge in [-0.3, -0.25) is 9.78 Å². The van der Waals surface area contributed by atoms with Gasteiger partial charge in [-0.1, -0.05) is 0 Å². The molecule has 3 aromatic rings. The van der Waals surface area contributed by atoms with Crippen LogP contribution in [0.5, 0.6) is 0 Å². The monoisotopic (exact) mass is 337 g/mol. The van der Waals surface area contributed by atoms with Crippen LogP contribution in [0.3, 0.4) is 0 Å². The second-order valence-electron chi connectivity index (χ2n) is 6.62. The molecule has 0 radical (unpaired) electrons. The molecule has 25 heavy (non-hydrogen) atoms. The summed E-state index contributed by atoms with van der Waals surface area (Å²) >= 11 is 0. The van der Waals surface area contributed by atoms with Gasteiger partial charge in [-0.05, 0) is 60.2 Å². The van der Waals surface area contributed by atoms with Gasteiger partial charge >= 0.3 is 0 Å². The van der Waals surface area contributed by atoms with Gasteiger partial charge < -0.3 is 9.88 Å². The number of H-pyrrole nitrogens is 1. The normalized spacial score (nSPS) is 15.6. The fourth-order valence-corrected chi connectivity index (χ4v) is 3.68. The minimum Gasteiger partial charge on any atom is -0.361 e. The maximum absolute atomic E-state index is 13.6. The molecule has 1 fully saturated rings. The topological polar surface area (TPSA) is 49.0 Å². The third-order valence-electron chi connectivity index (χ3n) is 5.07. The Morgan fingerprint density at radius 1 is 1.20 bits per heavy atom. The van der Waals surface area contributed by atoms with E-state index < -0.39 is 0 Å². The van der Waals surface area contributed by atoms with Gasteiger partial charge in [0.1, 0.15) is 5.82 Å². The molecule has 0 unspecified atom stereocenters. The summed E-state index contributed by atoms with van der Waals surface area (Å²) in [6.45, 7) is 1.49. The Kier molecular flexibility index (Phi) is 4.22. The van der Waals surface area contributed by atoms with Gasteiger partial charge in [-0.15, -0.1) is 0 Å². The zero-order chi connectivity index (χ0) is 17.2. The molecule has 1 saturated heterocycles. The Bertz CT molecular complexity index is 882. The van der Waals surface area contributed by atoms with Crippen molar-refractivity contribution in [2.45, 2.75) is 25.2 Å². The highest BCUT2D eigenvalue weighted by Crippen LogP contribution is 2.33. The number of carbonyl (C=O) groups excluding carboxylic acids is 1. The summed E-state index contributed by atoms with van der Waals surface area (Å²) in [5, 5.41) is 0.960. The van der Waals surface area contributed by atoms with Crippen LogP contribution in [0.4, 0.5) is 4.39 Å². The van der Waals surface area contributed by atoms with Gasteiger partial charge in [0, 0.05) is 42.6 Å². The van der Waals surface area contributed by atoms with Crippen LogP contribution in [0.2, 0.25) is 0 Å². The van der Waals surface area contributed by atoms with Crippen LogP contribution in [-0.2, 0) is 11.2 Å². The van der Waals surface area contributed by atoms with E-state index in [0.29, 0.717) is 12.3 Å². The molecule has 2 aromatic heterocycles. The molecule has 1 amide bonds. The number of hydrogen-bond acceptors (Lipinski definition) is 2. The molecule has 1 aliphatic rings. The predicted molar refractivity (Wildman–Crippen MR) is 94.8 cm³/mol. The van der Waals surface area contributed by atoms with E-state index in [-0.39, 0.29) is 11.7 Å². The van der Waals surface area contributed by atoms with Crippen LogP contribution in [0, 0.1) is 5.82 Å². The molecule has 1 N–H and O–H groups in total. The van der Waals surface area contributed by atoms with Crippen molar-refractivity contribution in [3.05, 3.63) is 65.9 Å². The Balaban J connectivity index is 1.42. The highest BCUT2D eigenvalue weighted by Gasteiger charge is 2.25. The second kappa shape index (κ2) is 6.67. The van der Waals surface area contributed by atoms with Gasteiger partial charge in [-0.2, -0.15) is 0 Å². The van der Waals surface area contributed by atoms with Crippen LogP contribution >= 0.6 is 0 Å². The number of rotatable bonds is 3. The van der Waals surface area contributed by atoms with E-state index in [1.807, 2.05) is 23.2 Å². The van der Waals surface area contributed by atoms with Crippen molar-refractivity contribution in [3.63, 3.8) is 0 Å². The number of halogens is 1. The van der Waals surface area contributed by atoms with Gasteiger partial charge in [0.25, 0.3) is 0 Å². The zero-order valence-electron chi connectivity index (χ0n) is 13.9. The maximum Gasteiger partial charge on any atom is 0.226 e. The third-order valence-corrected chi connectivity index (χ3v) is 5.07. The lowest BCUT2D eigenvalue weighted by atomic mass is 9.89. The minimum absolute atomic E-state index is 0.162.